The van der Waals surface area contributed by atoms with Gasteiger partial charge in [-0.25, -0.2) is 4.98 Å². The van der Waals surface area contributed by atoms with Crippen molar-refractivity contribution in [2.45, 2.75) is 26.1 Å². The number of aromatic nitrogens is 2. The zero-order valence-corrected chi connectivity index (χ0v) is 10.8. The third kappa shape index (κ3) is 3.07. The van der Waals surface area contributed by atoms with Gasteiger partial charge in [-0.2, -0.15) is 13.2 Å². The van der Waals surface area contributed by atoms with Crippen LogP contribution >= 0.6 is 0 Å². The van der Waals surface area contributed by atoms with Gasteiger partial charge in [-0.15, -0.1) is 0 Å². The van der Waals surface area contributed by atoms with E-state index in [-0.39, 0.29) is 17.8 Å². The Hall–Kier alpha value is -2.11. The van der Waals surface area contributed by atoms with Crippen molar-refractivity contribution in [3.8, 4) is 0 Å². The highest BCUT2D eigenvalue weighted by atomic mass is 19.4. The van der Waals surface area contributed by atoms with Crippen molar-refractivity contribution in [3.05, 3.63) is 53.6 Å². The Labute approximate surface area is 114 Å². The predicted molar refractivity (Wildman–Crippen MR) is 67.4 cm³/mol. The number of alkyl halides is 3. The molecule has 0 saturated heterocycles. The molecule has 0 aliphatic carbocycles. The second-order valence-corrected chi connectivity index (χ2v) is 4.30. The molecule has 6 heteroatoms. The summed E-state index contributed by atoms with van der Waals surface area (Å²) in [6.07, 6.45) is -0.958. The van der Waals surface area contributed by atoms with Gasteiger partial charge >= 0.3 is 6.18 Å². The van der Waals surface area contributed by atoms with Gasteiger partial charge in [0.05, 0.1) is 12.0 Å². The van der Waals surface area contributed by atoms with Gasteiger partial charge in [0, 0.05) is 24.5 Å². The number of rotatable bonds is 4. The monoisotopic (exact) mass is 282 g/mol. The molecular weight excluding hydrogens is 269 g/mol. The minimum absolute atomic E-state index is 0.0756. The van der Waals surface area contributed by atoms with Crippen molar-refractivity contribution in [2.24, 2.45) is 0 Å². The fourth-order valence-electron chi connectivity index (χ4n) is 1.89. The summed E-state index contributed by atoms with van der Waals surface area (Å²) in [6, 6.07) is 4.23. The number of benzene rings is 1. The summed E-state index contributed by atoms with van der Waals surface area (Å²) in [5, 5.41) is 0. The second kappa shape index (κ2) is 5.48. The summed E-state index contributed by atoms with van der Waals surface area (Å²) in [5.41, 5.74) is -0.507. The van der Waals surface area contributed by atoms with Crippen molar-refractivity contribution in [2.75, 3.05) is 0 Å². The maximum Gasteiger partial charge on any atom is 0.416 e. The first kappa shape index (κ1) is 14.3. The molecule has 0 spiro atoms. The van der Waals surface area contributed by atoms with Gasteiger partial charge in [-0.3, -0.25) is 4.79 Å². The molecule has 0 N–H and O–H groups in total. The molecule has 3 nitrogen and oxygen atoms in total. The number of halogens is 3. The van der Waals surface area contributed by atoms with Crippen LogP contribution in [0.5, 0.6) is 0 Å². The number of carbonyl (C=O) groups excluding carboxylic acids is 1. The average molecular weight is 282 g/mol. The SMILES string of the molecule is CCn1ccnc1CC(=O)c1ccc(C(F)(F)F)cc1. The van der Waals surface area contributed by atoms with Crippen LogP contribution in [-0.4, -0.2) is 15.3 Å². The van der Waals surface area contributed by atoms with Gasteiger partial charge in [0.25, 0.3) is 0 Å². The molecule has 0 unspecified atom stereocenters. The van der Waals surface area contributed by atoms with E-state index in [1.807, 2.05) is 11.5 Å². The van der Waals surface area contributed by atoms with E-state index in [4.69, 9.17) is 0 Å². The number of carbonyl (C=O) groups is 1. The van der Waals surface area contributed by atoms with Crippen LogP contribution < -0.4 is 0 Å². The molecule has 0 bridgehead atoms. The molecule has 0 aliphatic heterocycles. The Morgan fingerprint density at radius 1 is 1.25 bits per heavy atom. The minimum Gasteiger partial charge on any atom is -0.335 e. The number of hydrogen-bond acceptors (Lipinski definition) is 2. The Morgan fingerprint density at radius 2 is 1.90 bits per heavy atom. The molecule has 0 radical (unpaired) electrons. The van der Waals surface area contributed by atoms with Crippen LogP contribution in [0.15, 0.2) is 36.7 Å². The third-order valence-corrected chi connectivity index (χ3v) is 3.00. The topological polar surface area (TPSA) is 34.9 Å². The standard InChI is InChI=1S/C14H13F3N2O/c1-2-19-8-7-18-13(19)9-12(20)10-3-5-11(6-4-10)14(15,16)17/h3-8H,2,9H2,1H3. The Morgan fingerprint density at radius 3 is 2.45 bits per heavy atom. The summed E-state index contributed by atoms with van der Waals surface area (Å²) in [6.45, 7) is 2.61. The predicted octanol–water partition coefficient (Wildman–Crippen LogP) is 3.35. The van der Waals surface area contributed by atoms with E-state index < -0.39 is 11.7 Å². The van der Waals surface area contributed by atoms with Crippen molar-refractivity contribution in [1.82, 2.24) is 9.55 Å². The summed E-state index contributed by atoms with van der Waals surface area (Å²) in [5.74, 6) is 0.358. The summed E-state index contributed by atoms with van der Waals surface area (Å²) in [7, 11) is 0. The van der Waals surface area contributed by atoms with E-state index in [1.165, 1.54) is 12.1 Å². The van der Waals surface area contributed by atoms with E-state index in [0.29, 0.717) is 12.4 Å². The van der Waals surface area contributed by atoms with Crippen LogP contribution in [0.3, 0.4) is 0 Å². The first-order valence-corrected chi connectivity index (χ1v) is 6.12. The van der Waals surface area contributed by atoms with E-state index in [1.54, 1.807) is 12.4 Å². The fourth-order valence-corrected chi connectivity index (χ4v) is 1.89. The summed E-state index contributed by atoms with van der Waals surface area (Å²) >= 11 is 0. The molecule has 0 atom stereocenters. The van der Waals surface area contributed by atoms with E-state index in [2.05, 4.69) is 4.98 Å². The van der Waals surface area contributed by atoms with Crippen molar-refractivity contribution in [3.63, 3.8) is 0 Å². The molecule has 2 aromatic rings. The van der Waals surface area contributed by atoms with Gasteiger partial charge in [-0.1, -0.05) is 12.1 Å². The Kier molecular flexibility index (Phi) is 3.92. The van der Waals surface area contributed by atoms with E-state index in [0.717, 1.165) is 12.1 Å². The first-order chi connectivity index (χ1) is 9.41. The zero-order chi connectivity index (χ0) is 14.8. The van der Waals surface area contributed by atoms with Crippen molar-refractivity contribution >= 4 is 5.78 Å². The lowest BCUT2D eigenvalue weighted by Crippen LogP contribution is -2.10. The number of ketones is 1. The maximum atomic E-state index is 12.4. The number of hydrogen-bond donors (Lipinski definition) is 0. The molecule has 106 valence electrons. The lowest BCUT2D eigenvalue weighted by atomic mass is 10.1. The number of Topliss-reactive ketones (excluding diaryl/α,β-unsaturated/α-hetero) is 1. The average Bonchev–Trinajstić information content (AvgIpc) is 2.85. The van der Waals surface area contributed by atoms with Crippen LogP contribution in [0.1, 0.15) is 28.7 Å². The molecule has 0 fully saturated rings. The van der Waals surface area contributed by atoms with Crippen LogP contribution in [0.25, 0.3) is 0 Å². The Balaban J connectivity index is 2.14. The highest BCUT2D eigenvalue weighted by Gasteiger charge is 2.30. The molecule has 0 aliphatic rings. The molecule has 0 saturated carbocycles. The summed E-state index contributed by atoms with van der Waals surface area (Å²) < 4.78 is 39.1. The molecule has 2 rings (SSSR count). The minimum atomic E-state index is -4.39. The molecular formula is C14H13F3N2O. The lowest BCUT2D eigenvalue weighted by Gasteiger charge is -2.07. The maximum absolute atomic E-state index is 12.4. The van der Waals surface area contributed by atoms with Gasteiger partial charge in [0.2, 0.25) is 0 Å². The number of aryl methyl sites for hydroxylation is 1. The molecule has 1 heterocycles. The Bertz CT molecular complexity index is 600. The lowest BCUT2D eigenvalue weighted by molar-refractivity contribution is -0.137. The van der Waals surface area contributed by atoms with Crippen LogP contribution in [0, 0.1) is 0 Å². The highest BCUT2D eigenvalue weighted by Crippen LogP contribution is 2.29. The van der Waals surface area contributed by atoms with E-state index >= 15 is 0 Å². The largest absolute Gasteiger partial charge is 0.416 e. The van der Waals surface area contributed by atoms with Gasteiger partial charge < -0.3 is 4.57 Å². The molecule has 1 aromatic heterocycles. The zero-order valence-electron chi connectivity index (χ0n) is 10.8. The quantitative estimate of drug-likeness (QED) is 0.806. The normalized spacial score (nSPS) is 11.6. The molecule has 1 aromatic carbocycles. The molecule has 20 heavy (non-hydrogen) atoms. The number of imidazole rings is 1. The van der Waals surface area contributed by atoms with Crippen LogP contribution in [0.4, 0.5) is 13.2 Å². The van der Waals surface area contributed by atoms with Crippen molar-refractivity contribution < 1.29 is 18.0 Å². The number of nitrogens with zero attached hydrogens (tertiary/aromatic N) is 2. The van der Waals surface area contributed by atoms with Gasteiger partial charge in [-0.05, 0) is 19.1 Å². The second-order valence-electron chi connectivity index (χ2n) is 4.30. The van der Waals surface area contributed by atoms with Crippen molar-refractivity contribution in [1.29, 1.82) is 0 Å². The van der Waals surface area contributed by atoms with Crippen LogP contribution in [-0.2, 0) is 19.1 Å². The van der Waals surface area contributed by atoms with E-state index in [9.17, 15) is 18.0 Å². The smallest absolute Gasteiger partial charge is 0.335 e. The third-order valence-electron chi connectivity index (χ3n) is 3.00. The van der Waals surface area contributed by atoms with Gasteiger partial charge in [0.1, 0.15) is 5.82 Å². The summed E-state index contributed by atoms with van der Waals surface area (Å²) in [4.78, 5) is 16.1. The fraction of sp³-hybridized carbons (Fsp3) is 0.286. The van der Waals surface area contributed by atoms with Gasteiger partial charge in [0.15, 0.2) is 5.78 Å². The van der Waals surface area contributed by atoms with Crippen LogP contribution in [0.2, 0.25) is 0 Å². The highest BCUT2D eigenvalue weighted by molar-refractivity contribution is 5.97. The molecule has 0 amide bonds. The first-order valence-electron chi connectivity index (χ1n) is 6.12.